The van der Waals surface area contributed by atoms with E-state index in [-0.39, 0.29) is 23.7 Å². The number of rotatable bonds is 2. The quantitative estimate of drug-likeness (QED) is 0.810. The van der Waals surface area contributed by atoms with E-state index in [1.54, 1.807) is 0 Å². The molecule has 2 atom stereocenters. The Bertz CT molecular complexity index is 505. The lowest BCUT2D eigenvalue weighted by molar-refractivity contribution is -0.136. The minimum absolute atomic E-state index is 0.0324. The van der Waals surface area contributed by atoms with Crippen LogP contribution in [-0.2, 0) is 9.59 Å². The zero-order valence-electron chi connectivity index (χ0n) is 10.5. The number of amides is 2. The lowest BCUT2D eigenvalue weighted by Gasteiger charge is -2.28. The van der Waals surface area contributed by atoms with Crippen LogP contribution in [0.5, 0.6) is 0 Å². The van der Waals surface area contributed by atoms with Gasteiger partial charge in [-0.1, -0.05) is 31.2 Å². The van der Waals surface area contributed by atoms with Crippen LogP contribution in [0.4, 0.5) is 0 Å². The van der Waals surface area contributed by atoms with Crippen LogP contribution in [-0.4, -0.2) is 11.8 Å². The highest BCUT2D eigenvalue weighted by molar-refractivity contribution is 5.99. The van der Waals surface area contributed by atoms with Crippen LogP contribution in [0.25, 0.3) is 0 Å². The first kappa shape index (κ1) is 11.5. The smallest absolute Gasteiger partial charge is 0.230 e. The number of carbonyl (C=O) groups excluding carboxylic acids is 2. The summed E-state index contributed by atoms with van der Waals surface area (Å²) in [6.07, 6.45) is 2.95. The molecule has 0 aromatic heterocycles. The maximum atomic E-state index is 11.7. The average molecular weight is 243 g/mol. The second kappa shape index (κ2) is 4.23. The first-order valence-corrected chi connectivity index (χ1v) is 6.58. The molecule has 2 aliphatic rings. The van der Waals surface area contributed by atoms with Gasteiger partial charge in [0.2, 0.25) is 11.8 Å². The van der Waals surface area contributed by atoms with Crippen LogP contribution in [0.1, 0.15) is 49.1 Å². The van der Waals surface area contributed by atoms with Crippen LogP contribution in [0, 0.1) is 5.92 Å². The molecule has 1 aromatic rings. The molecule has 0 spiro atoms. The lowest BCUT2D eigenvalue weighted by Crippen LogP contribution is -2.43. The molecule has 0 bridgehead atoms. The van der Waals surface area contributed by atoms with E-state index < -0.39 is 0 Å². The van der Waals surface area contributed by atoms with E-state index in [0.29, 0.717) is 12.3 Å². The molecule has 2 amide bonds. The Morgan fingerprint density at radius 3 is 2.61 bits per heavy atom. The van der Waals surface area contributed by atoms with E-state index in [4.69, 9.17) is 0 Å². The summed E-state index contributed by atoms with van der Waals surface area (Å²) in [7, 11) is 0. The third-order valence-corrected chi connectivity index (χ3v) is 4.07. The van der Waals surface area contributed by atoms with Crippen molar-refractivity contribution < 1.29 is 9.59 Å². The van der Waals surface area contributed by atoms with Gasteiger partial charge in [0.1, 0.15) is 0 Å². The summed E-state index contributed by atoms with van der Waals surface area (Å²) < 4.78 is 0. The van der Waals surface area contributed by atoms with E-state index in [9.17, 15) is 9.59 Å². The van der Waals surface area contributed by atoms with Gasteiger partial charge in [-0.3, -0.25) is 14.9 Å². The molecule has 18 heavy (non-hydrogen) atoms. The predicted octanol–water partition coefficient (Wildman–Crippen LogP) is 2.33. The molecule has 2 unspecified atom stereocenters. The molecule has 94 valence electrons. The maximum Gasteiger partial charge on any atom is 0.230 e. The number of piperidine rings is 1. The fourth-order valence-electron chi connectivity index (χ4n) is 2.73. The van der Waals surface area contributed by atoms with Gasteiger partial charge in [-0.15, -0.1) is 0 Å². The van der Waals surface area contributed by atoms with Gasteiger partial charge in [-0.2, -0.15) is 0 Å². The number of hydrogen-bond donors (Lipinski definition) is 1. The molecule has 2 fully saturated rings. The summed E-state index contributed by atoms with van der Waals surface area (Å²) in [6.45, 7) is 1.90. The van der Waals surface area contributed by atoms with Crippen LogP contribution in [0.2, 0.25) is 0 Å². The van der Waals surface area contributed by atoms with Crippen molar-refractivity contribution in [1.29, 1.82) is 0 Å². The number of benzene rings is 1. The Hall–Kier alpha value is -1.64. The van der Waals surface area contributed by atoms with E-state index >= 15 is 0 Å². The van der Waals surface area contributed by atoms with Crippen molar-refractivity contribution in [1.82, 2.24) is 5.32 Å². The predicted molar refractivity (Wildman–Crippen MR) is 68.1 cm³/mol. The number of nitrogens with one attached hydrogen (secondary N) is 1. The molecule has 1 saturated carbocycles. The van der Waals surface area contributed by atoms with Gasteiger partial charge in [-0.05, 0) is 29.9 Å². The second-order valence-electron chi connectivity index (χ2n) is 5.46. The molecule has 1 aliphatic heterocycles. The summed E-state index contributed by atoms with van der Waals surface area (Å²) in [5, 5.41) is 2.40. The summed E-state index contributed by atoms with van der Waals surface area (Å²) in [4.78, 5) is 23.2. The monoisotopic (exact) mass is 243 g/mol. The fraction of sp³-hybridized carbons (Fsp3) is 0.467. The van der Waals surface area contributed by atoms with Crippen molar-refractivity contribution in [2.24, 2.45) is 5.92 Å². The molecular formula is C15H17NO2. The van der Waals surface area contributed by atoms with Gasteiger partial charge >= 0.3 is 0 Å². The van der Waals surface area contributed by atoms with Gasteiger partial charge < -0.3 is 0 Å². The van der Waals surface area contributed by atoms with E-state index in [1.165, 1.54) is 18.4 Å². The van der Waals surface area contributed by atoms with Crippen molar-refractivity contribution in [3.05, 3.63) is 35.4 Å². The SMILES string of the molecule is CC1C(=O)NC(=O)CC1c1cccc(C2CC2)c1. The Morgan fingerprint density at radius 1 is 1.17 bits per heavy atom. The van der Waals surface area contributed by atoms with Crippen molar-refractivity contribution in [3.63, 3.8) is 0 Å². The van der Waals surface area contributed by atoms with Gasteiger partial charge in [0, 0.05) is 18.3 Å². The highest BCUT2D eigenvalue weighted by Gasteiger charge is 2.34. The van der Waals surface area contributed by atoms with Crippen LogP contribution in [0.15, 0.2) is 24.3 Å². The number of imide groups is 1. The van der Waals surface area contributed by atoms with E-state index in [1.807, 2.05) is 19.1 Å². The summed E-state index contributed by atoms with van der Waals surface area (Å²) in [6, 6.07) is 8.42. The zero-order chi connectivity index (χ0) is 12.7. The van der Waals surface area contributed by atoms with Gasteiger partial charge in [0.05, 0.1) is 0 Å². The van der Waals surface area contributed by atoms with Crippen molar-refractivity contribution in [3.8, 4) is 0 Å². The highest BCUT2D eigenvalue weighted by atomic mass is 16.2. The minimum atomic E-state index is -0.153. The summed E-state index contributed by atoms with van der Waals surface area (Å²) in [5.74, 6) is 0.309. The maximum absolute atomic E-state index is 11.7. The third-order valence-electron chi connectivity index (χ3n) is 4.07. The van der Waals surface area contributed by atoms with Gasteiger partial charge in [0.15, 0.2) is 0 Å². The molecule has 1 N–H and O–H groups in total. The molecule has 1 heterocycles. The molecule has 1 aliphatic carbocycles. The topological polar surface area (TPSA) is 46.2 Å². The Morgan fingerprint density at radius 2 is 1.89 bits per heavy atom. The van der Waals surface area contributed by atoms with Gasteiger partial charge in [-0.25, -0.2) is 0 Å². The highest BCUT2D eigenvalue weighted by Crippen LogP contribution is 2.41. The van der Waals surface area contributed by atoms with Crippen molar-refractivity contribution in [2.75, 3.05) is 0 Å². The second-order valence-corrected chi connectivity index (χ2v) is 5.46. The third kappa shape index (κ3) is 2.05. The lowest BCUT2D eigenvalue weighted by atomic mass is 9.81. The van der Waals surface area contributed by atoms with Crippen LogP contribution < -0.4 is 5.32 Å². The number of hydrogen-bond acceptors (Lipinski definition) is 2. The van der Waals surface area contributed by atoms with Crippen LogP contribution in [0.3, 0.4) is 0 Å². The van der Waals surface area contributed by atoms with Crippen LogP contribution >= 0.6 is 0 Å². The summed E-state index contributed by atoms with van der Waals surface area (Å²) >= 11 is 0. The zero-order valence-corrected chi connectivity index (χ0v) is 10.5. The molecule has 1 aromatic carbocycles. The van der Waals surface area contributed by atoms with E-state index in [2.05, 4.69) is 17.4 Å². The average Bonchev–Trinajstić information content (AvgIpc) is 3.18. The van der Waals surface area contributed by atoms with Crippen molar-refractivity contribution >= 4 is 11.8 Å². The Balaban J connectivity index is 1.90. The minimum Gasteiger partial charge on any atom is -0.296 e. The van der Waals surface area contributed by atoms with Gasteiger partial charge in [0.25, 0.3) is 0 Å². The number of carbonyl (C=O) groups is 2. The molecule has 3 heteroatoms. The molecule has 3 nitrogen and oxygen atoms in total. The van der Waals surface area contributed by atoms with Crippen molar-refractivity contribution in [2.45, 2.75) is 38.0 Å². The molecule has 1 saturated heterocycles. The standard InChI is InChI=1S/C15H17NO2/c1-9-13(8-14(17)16-15(9)18)12-4-2-3-11(7-12)10-5-6-10/h2-4,7,9-10,13H,5-6,8H2,1H3,(H,16,17,18). The first-order valence-electron chi connectivity index (χ1n) is 6.58. The van der Waals surface area contributed by atoms with E-state index in [0.717, 1.165) is 5.56 Å². The molecular weight excluding hydrogens is 226 g/mol. The molecule has 3 rings (SSSR count). The normalized spacial score (nSPS) is 28.1. The Labute approximate surface area is 107 Å². The summed E-state index contributed by atoms with van der Waals surface area (Å²) in [5.41, 5.74) is 2.49. The fourth-order valence-corrected chi connectivity index (χ4v) is 2.73. The largest absolute Gasteiger partial charge is 0.296 e. The Kier molecular flexibility index (Phi) is 2.69. The first-order chi connectivity index (χ1) is 8.65. The molecule has 0 radical (unpaired) electrons.